The quantitative estimate of drug-likeness (QED) is 0.588. The van der Waals surface area contributed by atoms with E-state index >= 15 is 0 Å². The maximum absolute atomic E-state index is 3.79. The van der Waals surface area contributed by atoms with Gasteiger partial charge in [0.2, 0.25) is 0 Å². The van der Waals surface area contributed by atoms with Gasteiger partial charge < -0.3 is 10.2 Å². The number of hydrogen-bond donors (Lipinski definition) is 1. The number of anilines is 1. The second-order valence-corrected chi connectivity index (χ2v) is 6.54. The fourth-order valence-corrected chi connectivity index (χ4v) is 3.42. The van der Waals surface area contributed by atoms with E-state index in [-0.39, 0.29) is 0 Å². The van der Waals surface area contributed by atoms with Gasteiger partial charge in [0.15, 0.2) is 0 Å². The highest BCUT2D eigenvalue weighted by Gasteiger charge is 2.16. The van der Waals surface area contributed by atoms with Crippen molar-refractivity contribution in [2.75, 3.05) is 25.0 Å². The Kier molecular flexibility index (Phi) is 7.08. The van der Waals surface area contributed by atoms with E-state index in [1.807, 2.05) is 0 Å². The third kappa shape index (κ3) is 5.70. The summed E-state index contributed by atoms with van der Waals surface area (Å²) in [7, 11) is 2.19. The lowest BCUT2D eigenvalue weighted by molar-refractivity contribution is 0.424. The Balaban J connectivity index is 1.61. The maximum atomic E-state index is 3.79. The molecule has 0 amide bonds. The zero-order chi connectivity index (χ0) is 14.9. The van der Waals surface area contributed by atoms with Crippen molar-refractivity contribution >= 4 is 5.69 Å². The summed E-state index contributed by atoms with van der Waals surface area (Å²) in [6.07, 6.45) is 9.65. The minimum absolute atomic E-state index is 0.767. The van der Waals surface area contributed by atoms with Crippen molar-refractivity contribution in [3.05, 3.63) is 30.3 Å². The van der Waals surface area contributed by atoms with Crippen molar-refractivity contribution in [3.8, 4) is 0 Å². The van der Waals surface area contributed by atoms with Crippen LogP contribution in [0.3, 0.4) is 0 Å². The summed E-state index contributed by atoms with van der Waals surface area (Å²) in [6, 6.07) is 11.4. The number of benzene rings is 1. The molecule has 1 N–H and O–H groups in total. The van der Waals surface area contributed by atoms with Gasteiger partial charge in [-0.25, -0.2) is 0 Å². The first-order valence-corrected chi connectivity index (χ1v) is 8.79. The highest BCUT2D eigenvalue weighted by molar-refractivity contribution is 5.44. The molecule has 1 aromatic carbocycles. The maximum Gasteiger partial charge on any atom is 0.0363 e. The van der Waals surface area contributed by atoms with Gasteiger partial charge in [0.25, 0.3) is 0 Å². The number of nitrogens with zero attached hydrogens (tertiary/aromatic N) is 1. The molecule has 2 atom stereocenters. The van der Waals surface area contributed by atoms with E-state index in [2.05, 4.69) is 54.5 Å². The molecule has 2 rings (SSSR count). The summed E-state index contributed by atoms with van der Waals surface area (Å²) in [4.78, 5) is 2.35. The van der Waals surface area contributed by atoms with Crippen molar-refractivity contribution < 1.29 is 0 Å². The van der Waals surface area contributed by atoms with E-state index in [9.17, 15) is 0 Å². The van der Waals surface area contributed by atoms with Crippen LogP contribution in [-0.4, -0.2) is 26.2 Å². The Hall–Kier alpha value is -1.02. The molecule has 0 radical (unpaired) electrons. The average molecular weight is 288 g/mol. The Labute approximate surface area is 130 Å². The summed E-state index contributed by atoms with van der Waals surface area (Å²) < 4.78 is 0. The first kappa shape index (κ1) is 16.4. The highest BCUT2D eigenvalue weighted by Crippen LogP contribution is 2.25. The normalized spacial score (nSPS) is 22.8. The van der Waals surface area contributed by atoms with Gasteiger partial charge in [-0.3, -0.25) is 0 Å². The fourth-order valence-electron chi connectivity index (χ4n) is 3.42. The predicted molar refractivity (Wildman–Crippen MR) is 93.0 cm³/mol. The third-order valence-corrected chi connectivity index (χ3v) is 4.97. The molecule has 1 fully saturated rings. The van der Waals surface area contributed by atoms with Gasteiger partial charge >= 0.3 is 0 Å². The summed E-state index contributed by atoms with van der Waals surface area (Å²) >= 11 is 0. The van der Waals surface area contributed by atoms with E-state index in [1.165, 1.54) is 50.6 Å². The van der Waals surface area contributed by atoms with E-state index in [0.717, 1.165) is 25.0 Å². The molecule has 1 aliphatic carbocycles. The van der Waals surface area contributed by atoms with Crippen LogP contribution in [0, 0.1) is 5.92 Å². The molecule has 0 bridgehead atoms. The van der Waals surface area contributed by atoms with Gasteiger partial charge in [-0.2, -0.15) is 0 Å². The fraction of sp³-hybridized carbons (Fsp3) is 0.684. The number of para-hydroxylation sites is 1. The molecule has 1 aromatic rings. The molecular formula is C19H32N2. The minimum Gasteiger partial charge on any atom is -0.375 e. The largest absolute Gasteiger partial charge is 0.375 e. The summed E-state index contributed by atoms with van der Waals surface area (Å²) in [5.74, 6) is 0.987. The lowest BCUT2D eigenvalue weighted by Gasteiger charge is -2.21. The molecule has 0 aliphatic heterocycles. The molecule has 1 aliphatic rings. The molecular weight excluding hydrogens is 256 g/mol. The van der Waals surface area contributed by atoms with Crippen molar-refractivity contribution in [1.29, 1.82) is 0 Å². The second kappa shape index (κ2) is 9.09. The van der Waals surface area contributed by atoms with E-state index < -0.39 is 0 Å². The highest BCUT2D eigenvalue weighted by atomic mass is 15.1. The van der Waals surface area contributed by atoms with Crippen molar-refractivity contribution in [3.63, 3.8) is 0 Å². The van der Waals surface area contributed by atoms with Gasteiger partial charge in [-0.05, 0) is 50.3 Å². The van der Waals surface area contributed by atoms with Crippen molar-refractivity contribution in [2.24, 2.45) is 5.92 Å². The van der Waals surface area contributed by atoms with Crippen LogP contribution in [0.15, 0.2) is 30.3 Å². The SMILES string of the molecule is CCC1CCCC(NCCCN(C)c2ccccc2)CC1. The van der Waals surface area contributed by atoms with Gasteiger partial charge in [-0.1, -0.05) is 44.4 Å². The molecule has 118 valence electrons. The Morgan fingerprint density at radius 2 is 1.90 bits per heavy atom. The van der Waals surface area contributed by atoms with Crippen LogP contribution in [-0.2, 0) is 0 Å². The molecule has 0 heterocycles. The first-order valence-electron chi connectivity index (χ1n) is 8.79. The van der Waals surface area contributed by atoms with Crippen LogP contribution in [0.1, 0.15) is 51.9 Å². The van der Waals surface area contributed by atoms with E-state index in [4.69, 9.17) is 0 Å². The molecule has 1 saturated carbocycles. The average Bonchev–Trinajstić information content (AvgIpc) is 2.77. The van der Waals surface area contributed by atoms with Crippen LogP contribution in [0.4, 0.5) is 5.69 Å². The van der Waals surface area contributed by atoms with Gasteiger partial charge in [0.05, 0.1) is 0 Å². The van der Waals surface area contributed by atoms with Crippen LogP contribution in [0.5, 0.6) is 0 Å². The standard InChI is InChI=1S/C19H32N2/c1-3-17-9-7-10-18(14-13-17)20-15-8-16-21(2)19-11-5-4-6-12-19/h4-6,11-12,17-18,20H,3,7-10,13-16H2,1-2H3. The minimum atomic E-state index is 0.767. The van der Waals surface area contributed by atoms with Crippen LogP contribution in [0.25, 0.3) is 0 Å². The monoisotopic (exact) mass is 288 g/mol. The Morgan fingerprint density at radius 1 is 1.10 bits per heavy atom. The number of rotatable bonds is 7. The smallest absolute Gasteiger partial charge is 0.0363 e. The lowest BCUT2D eigenvalue weighted by atomic mass is 9.98. The Morgan fingerprint density at radius 3 is 2.67 bits per heavy atom. The lowest BCUT2D eigenvalue weighted by Crippen LogP contribution is -2.31. The summed E-state index contributed by atoms with van der Waals surface area (Å²) in [5, 5.41) is 3.79. The zero-order valence-corrected chi connectivity index (χ0v) is 13.9. The molecule has 2 heteroatoms. The molecule has 0 saturated heterocycles. The van der Waals surface area contributed by atoms with Crippen LogP contribution < -0.4 is 10.2 Å². The first-order chi connectivity index (χ1) is 10.3. The van der Waals surface area contributed by atoms with Crippen LogP contribution >= 0.6 is 0 Å². The van der Waals surface area contributed by atoms with Gasteiger partial charge in [0.1, 0.15) is 0 Å². The number of hydrogen-bond acceptors (Lipinski definition) is 2. The zero-order valence-electron chi connectivity index (χ0n) is 13.9. The van der Waals surface area contributed by atoms with Gasteiger partial charge in [-0.15, -0.1) is 0 Å². The Bertz CT molecular complexity index is 376. The molecule has 2 nitrogen and oxygen atoms in total. The predicted octanol–water partition coefficient (Wildman–Crippen LogP) is 4.46. The summed E-state index contributed by atoms with van der Waals surface area (Å²) in [5.41, 5.74) is 1.32. The van der Waals surface area contributed by atoms with E-state index in [0.29, 0.717) is 0 Å². The van der Waals surface area contributed by atoms with Crippen molar-refractivity contribution in [1.82, 2.24) is 5.32 Å². The molecule has 0 aromatic heterocycles. The number of nitrogens with one attached hydrogen (secondary N) is 1. The van der Waals surface area contributed by atoms with E-state index in [1.54, 1.807) is 0 Å². The van der Waals surface area contributed by atoms with Crippen molar-refractivity contribution in [2.45, 2.75) is 57.9 Å². The second-order valence-electron chi connectivity index (χ2n) is 6.54. The molecule has 2 unspecified atom stereocenters. The van der Waals surface area contributed by atoms with Gasteiger partial charge in [0, 0.05) is 25.3 Å². The molecule has 0 spiro atoms. The molecule has 21 heavy (non-hydrogen) atoms. The third-order valence-electron chi connectivity index (χ3n) is 4.97. The van der Waals surface area contributed by atoms with Crippen LogP contribution in [0.2, 0.25) is 0 Å². The summed E-state index contributed by atoms with van der Waals surface area (Å²) in [6.45, 7) is 4.62. The topological polar surface area (TPSA) is 15.3 Å².